The second-order valence-electron chi connectivity index (χ2n) is 7.55. The number of anilines is 1. The average Bonchev–Trinajstić information content (AvgIpc) is 3.37. The number of hydrogen-bond acceptors (Lipinski definition) is 6. The van der Waals surface area contributed by atoms with E-state index in [1.807, 2.05) is 36.4 Å². The Morgan fingerprint density at radius 3 is 2.69 bits per heavy atom. The van der Waals surface area contributed by atoms with Crippen molar-refractivity contribution < 1.29 is 23.5 Å². The van der Waals surface area contributed by atoms with Crippen LogP contribution in [0.1, 0.15) is 17.7 Å². The number of nitrogens with one attached hydrogen (secondary N) is 1. The molecule has 3 aromatic rings. The van der Waals surface area contributed by atoms with Crippen LogP contribution in [0.3, 0.4) is 0 Å². The first-order valence-corrected chi connectivity index (χ1v) is 10.2. The van der Waals surface area contributed by atoms with Crippen LogP contribution >= 0.6 is 0 Å². The van der Waals surface area contributed by atoms with Crippen LogP contribution in [0.2, 0.25) is 0 Å². The average molecular weight is 431 g/mol. The lowest BCUT2D eigenvalue weighted by Gasteiger charge is -2.16. The van der Waals surface area contributed by atoms with E-state index in [2.05, 4.69) is 5.32 Å². The fraction of sp³-hybridized carbons (Fsp3) is 0.250. The highest BCUT2D eigenvalue weighted by molar-refractivity contribution is 6.03. The molecule has 1 atom stereocenters. The number of furan rings is 1. The number of esters is 1. The van der Waals surface area contributed by atoms with Crippen LogP contribution in [0, 0.1) is 17.2 Å². The van der Waals surface area contributed by atoms with Gasteiger partial charge in [0.25, 0.3) is 5.91 Å². The summed E-state index contributed by atoms with van der Waals surface area (Å²) >= 11 is 0. The fourth-order valence-corrected chi connectivity index (χ4v) is 3.73. The Bertz CT molecular complexity index is 1200. The third-order valence-electron chi connectivity index (χ3n) is 5.37. The topological polar surface area (TPSA) is 113 Å². The molecule has 8 heteroatoms. The summed E-state index contributed by atoms with van der Waals surface area (Å²) in [5.41, 5.74) is 1.83. The number of fused-ring (bicyclic) bond motifs is 1. The van der Waals surface area contributed by atoms with E-state index >= 15 is 0 Å². The molecule has 1 aliphatic heterocycles. The lowest BCUT2D eigenvalue weighted by atomic mass is 10.1. The number of para-hydroxylation sites is 1. The van der Waals surface area contributed by atoms with E-state index in [0.29, 0.717) is 23.9 Å². The molecule has 0 spiro atoms. The zero-order valence-electron chi connectivity index (χ0n) is 17.2. The first-order valence-electron chi connectivity index (χ1n) is 10.2. The first-order chi connectivity index (χ1) is 15.5. The molecule has 32 heavy (non-hydrogen) atoms. The minimum atomic E-state index is -0.601. The van der Waals surface area contributed by atoms with E-state index in [1.54, 1.807) is 29.2 Å². The molecule has 1 aliphatic rings. The van der Waals surface area contributed by atoms with Crippen molar-refractivity contribution in [3.8, 4) is 6.07 Å². The second kappa shape index (κ2) is 9.35. The third-order valence-corrected chi connectivity index (χ3v) is 5.37. The van der Waals surface area contributed by atoms with Crippen molar-refractivity contribution in [1.82, 2.24) is 4.90 Å². The van der Waals surface area contributed by atoms with Gasteiger partial charge in [-0.25, -0.2) is 0 Å². The Labute approximate surface area is 184 Å². The summed E-state index contributed by atoms with van der Waals surface area (Å²) in [5, 5.41) is 12.4. The second-order valence-corrected chi connectivity index (χ2v) is 7.55. The van der Waals surface area contributed by atoms with Crippen molar-refractivity contribution >= 4 is 34.4 Å². The monoisotopic (exact) mass is 431 g/mol. The van der Waals surface area contributed by atoms with Gasteiger partial charge in [0.1, 0.15) is 17.3 Å². The van der Waals surface area contributed by atoms with Gasteiger partial charge in [-0.15, -0.1) is 0 Å². The molecule has 0 saturated carbocycles. The highest BCUT2D eigenvalue weighted by atomic mass is 16.5. The summed E-state index contributed by atoms with van der Waals surface area (Å²) in [4.78, 5) is 38.6. The molecule has 4 rings (SSSR count). The normalized spacial score (nSPS) is 15.5. The Kier molecular flexibility index (Phi) is 6.17. The number of nitrogens with zero attached hydrogens (tertiary/aromatic N) is 2. The van der Waals surface area contributed by atoms with Crippen molar-refractivity contribution in [2.75, 3.05) is 25.0 Å². The van der Waals surface area contributed by atoms with Crippen molar-refractivity contribution in [3.05, 3.63) is 65.9 Å². The number of amides is 2. The Morgan fingerprint density at radius 1 is 1.16 bits per heavy atom. The number of likely N-dealkylation sites (tertiary alicyclic amines) is 1. The number of carbonyl (C=O) groups is 3. The maximum absolute atomic E-state index is 12.4. The predicted molar refractivity (Wildman–Crippen MR) is 115 cm³/mol. The van der Waals surface area contributed by atoms with Gasteiger partial charge in [-0.3, -0.25) is 14.4 Å². The fourth-order valence-electron chi connectivity index (χ4n) is 3.73. The van der Waals surface area contributed by atoms with E-state index in [-0.39, 0.29) is 30.3 Å². The van der Waals surface area contributed by atoms with Gasteiger partial charge in [-0.1, -0.05) is 42.5 Å². The van der Waals surface area contributed by atoms with E-state index < -0.39 is 24.4 Å². The molecule has 1 fully saturated rings. The van der Waals surface area contributed by atoms with Crippen LogP contribution in [0.5, 0.6) is 0 Å². The predicted octanol–water partition coefficient (Wildman–Crippen LogP) is 2.88. The van der Waals surface area contributed by atoms with E-state index in [9.17, 15) is 19.6 Å². The number of carbonyl (C=O) groups excluding carboxylic acids is 3. The van der Waals surface area contributed by atoms with Crippen LogP contribution in [-0.4, -0.2) is 42.4 Å². The van der Waals surface area contributed by atoms with E-state index in [4.69, 9.17) is 9.15 Å². The molecule has 1 unspecified atom stereocenters. The van der Waals surface area contributed by atoms with Crippen LogP contribution in [-0.2, 0) is 25.5 Å². The molecule has 1 N–H and O–H groups in total. The SMILES string of the molecule is N#Cc1oc2ccccc2c1NC(=O)COC(=O)C1CC(=O)N(CCc2ccccc2)C1. The lowest BCUT2D eigenvalue weighted by Crippen LogP contribution is -2.29. The molecule has 1 saturated heterocycles. The minimum Gasteiger partial charge on any atom is -0.455 e. The smallest absolute Gasteiger partial charge is 0.311 e. The Morgan fingerprint density at radius 2 is 1.91 bits per heavy atom. The van der Waals surface area contributed by atoms with Gasteiger partial charge in [0.05, 0.1) is 5.92 Å². The van der Waals surface area contributed by atoms with Gasteiger partial charge in [-0.05, 0) is 24.1 Å². The van der Waals surface area contributed by atoms with Crippen LogP contribution in [0.15, 0.2) is 59.0 Å². The van der Waals surface area contributed by atoms with Crippen LogP contribution in [0.25, 0.3) is 11.0 Å². The summed E-state index contributed by atoms with van der Waals surface area (Å²) in [6, 6.07) is 18.6. The van der Waals surface area contributed by atoms with Gasteiger partial charge in [0.2, 0.25) is 11.7 Å². The largest absolute Gasteiger partial charge is 0.455 e. The number of ether oxygens (including phenoxy) is 1. The van der Waals surface area contributed by atoms with Crippen LogP contribution < -0.4 is 5.32 Å². The van der Waals surface area contributed by atoms with E-state index in [1.165, 1.54) is 0 Å². The van der Waals surface area contributed by atoms with Gasteiger partial charge < -0.3 is 19.4 Å². The summed E-state index contributed by atoms with van der Waals surface area (Å²) in [7, 11) is 0. The summed E-state index contributed by atoms with van der Waals surface area (Å²) in [6.45, 7) is 0.284. The maximum Gasteiger partial charge on any atom is 0.311 e. The number of nitriles is 1. The van der Waals surface area contributed by atoms with Crippen molar-refractivity contribution in [2.45, 2.75) is 12.8 Å². The molecule has 2 heterocycles. The van der Waals surface area contributed by atoms with Crippen molar-refractivity contribution in [3.63, 3.8) is 0 Å². The minimum absolute atomic E-state index is 0.0266. The molecule has 0 aliphatic carbocycles. The van der Waals surface area contributed by atoms with Crippen molar-refractivity contribution in [1.29, 1.82) is 5.26 Å². The lowest BCUT2D eigenvalue weighted by molar-refractivity contribution is -0.151. The maximum atomic E-state index is 12.4. The molecule has 0 bridgehead atoms. The molecular weight excluding hydrogens is 410 g/mol. The Balaban J connectivity index is 1.29. The first kappa shape index (κ1) is 21.1. The highest BCUT2D eigenvalue weighted by Gasteiger charge is 2.35. The quantitative estimate of drug-likeness (QED) is 0.576. The molecule has 2 aromatic carbocycles. The third kappa shape index (κ3) is 4.62. The molecular formula is C24H21N3O5. The van der Waals surface area contributed by atoms with Gasteiger partial charge >= 0.3 is 5.97 Å². The molecule has 8 nitrogen and oxygen atoms in total. The highest BCUT2D eigenvalue weighted by Crippen LogP contribution is 2.30. The Hall–Kier alpha value is -4.12. The zero-order chi connectivity index (χ0) is 22.5. The number of hydrogen-bond donors (Lipinski definition) is 1. The number of benzene rings is 2. The number of rotatable bonds is 7. The van der Waals surface area contributed by atoms with Crippen LogP contribution in [0.4, 0.5) is 5.69 Å². The summed E-state index contributed by atoms with van der Waals surface area (Å²) in [5.74, 6) is -1.91. The van der Waals surface area contributed by atoms with Gasteiger partial charge in [-0.2, -0.15) is 5.26 Å². The summed E-state index contributed by atoms with van der Waals surface area (Å²) < 4.78 is 10.5. The zero-order valence-corrected chi connectivity index (χ0v) is 17.2. The summed E-state index contributed by atoms with van der Waals surface area (Å²) in [6.07, 6.45) is 0.775. The molecule has 2 amide bonds. The van der Waals surface area contributed by atoms with Crippen molar-refractivity contribution in [2.24, 2.45) is 5.92 Å². The molecule has 0 radical (unpaired) electrons. The molecule has 1 aromatic heterocycles. The standard InChI is InChI=1S/C24H21N3O5/c25-13-20-23(18-8-4-5-9-19(18)32-20)26-21(28)15-31-24(30)17-12-22(29)27(14-17)11-10-16-6-2-1-3-7-16/h1-9,17H,10-12,14-15H2,(H,26,28). The molecule has 162 valence electrons. The van der Waals surface area contributed by atoms with Gasteiger partial charge in [0, 0.05) is 24.9 Å². The van der Waals surface area contributed by atoms with Gasteiger partial charge in [0.15, 0.2) is 6.61 Å². The van der Waals surface area contributed by atoms with E-state index in [0.717, 1.165) is 5.56 Å².